The van der Waals surface area contributed by atoms with Gasteiger partial charge in [0.1, 0.15) is 5.75 Å². The first-order valence-corrected chi connectivity index (χ1v) is 8.34. The van der Waals surface area contributed by atoms with Gasteiger partial charge in [-0.15, -0.1) is 0 Å². The highest BCUT2D eigenvalue weighted by molar-refractivity contribution is 7.80. The number of amides is 1. The second-order valence-corrected chi connectivity index (χ2v) is 6.38. The van der Waals surface area contributed by atoms with Crippen LogP contribution in [0.5, 0.6) is 5.75 Å². The van der Waals surface area contributed by atoms with Gasteiger partial charge in [0, 0.05) is 17.7 Å². The van der Waals surface area contributed by atoms with Gasteiger partial charge < -0.3 is 15.4 Å². The number of nitrogens with one attached hydrogen (secondary N) is 2. The van der Waals surface area contributed by atoms with Gasteiger partial charge in [-0.2, -0.15) is 0 Å². The van der Waals surface area contributed by atoms with Gasteiger partial charge >= 0.3 is 0 Å². The Hall–Kier alpha value is -1.62. The highest BCUT2D eigenvalue weighted by Gasteiger charge is 2.21. The van der Waals surface area contributed by atoms with Crippen molar-refractivity contribution in [2.45, 2.75) is 52.1 Å². The number of hydrogen-bond donors (Lipinski definition) is 2. The molecule has 2 rings (SSSR count). The summed E-state index contributed by atoms with van der Waals surface area (Å²) in [6.45, 7) is 3.96. The first-order chi connectivity index (χ1) is 10.5. The third-order valence-corrected chi connectivity index (χ3v) is 3.88. The number of ether oxygens (including phenoxy) is 1. The van der Waals surface area contributed by atoms with E-state index >= 15 is 0 Å². The third kappa shape index (κ3) is 5.30. The first-order valence-electron chi connectivity index (χ1n) is 7.93. The standard InChI is InChI=1S/C17H24N2O2S/c1-12(2)21-15-10-6-9-14(11-15)18-17(22)19-16(20)13-7-4-3-5-8-13/h6,9-13H,3-5,7-8H2,1-2H3,(H2,18,19,20,22). The molecule has 0 aromatic heterocycles. The van der Waals surface area contributed by atoms with Crippen LogP contribution in [0.25, 0.3) is 0 Å². The molecular weight excluding hydrogens is 296 g/mol. The largest absolute Gasteiger partial charge is 0.491 e. The molecule has 1 aromatic rings. The van der Waals surface area contributed by atoms with Crippen LogP contribution >= 0.6 is 12.2 Å². The summed E-state index contributed by atoms with van der Waals surface area (Å²) >= 11 is 5.23. The second-order valence-electron chi connectivity index (χ2n) is 5.97. The van der Waals surface area contributed by atoms with Crippen LogP contribution in [-0.2, 0) is 4.79 Å². The molecule has 1 fully saturated rings. The maximum Gasteiger partial charge on any atom is 0.229 e. The molecule has 1 aliphatic rings. The van der Waals surface area contributed by atoms with Gasteiger partial charge in [-0.05, 0) is 51.0 Å². The van der Waals surface area contributed by atoms with Crippen LogP contribution in [0.4, 0.5) is 5.69 Å². The van der Waals surface area contributed by atoms with Crippen LogP contribution in [0.1, 0.15) is 46.0 Å². The smallest absolute Gasteiger partial charge is 0.229 e. The Morgan fingerprint density at radius 1 is 1.27 bits per heavy atom. The summed E-state index contributed by atoms with van der Waals surface area (Å²) in [6, 6.07) is 7.56. The molecule has 5 heteroatoms. The summed E-state index contributed by atoms with van der Waals surface area (Å²) in [5.41, 5.74) is 0.812. The predicted octanol–water partition coefficient (Wildman–Crippen LogP) is 3.87. The Labute approximate surface area is 137 Å². The average molecular weight is 320 g/mol. The van der Waals surface area contributed by atoms with Crippen LogP contribution < -0.4 is 15.4 Å². The monoisotopic (exact) mass is 320 g/mol. The Balaban J connectivity index is 1.87. The summed E-state index contributed by atoms with van der Waals surface area (Å²) in [5.74, 6) is 0.914. The first kappa shape index (κ1) is 16.7. The number of carbonyl (C=O) groups is 1. The van der Waals surface area contributed by atoms with E-state index in [0.717, 1.165) is 37.1 Å². The van der Waals surface area contributed by atoms with Crippen molar-refractivity contribution in [2.75, 3.05) is 5.32 Å². The Bertz CT molecular complexity index is 525. The molecule has 0 saturated heterocycles. The minimum atomic E-state index is 0.0341. The lowest BCUT2D eigenvalue weighted by atomic mass is 9.89. The van der Waals surface area contributed by atoms with E-state index in [1.54, 1.807) is 0 Å². The van der Waals surface area contributed by atoms with Crippen LogP contribution in [0.15, 0.2) is 24.3 Å². The molecule has 1 amide bonds. The van der Waals surface area contributed by atoms with Gasteiger partial charge in [-0.1, -0.05) is 25.3 Å². The van der Waals surface area contributed by atoms with Gasteiger partial charge in [-0.3, -0.25) is 4.79 Å². The Morgan fingerprint density at radius 3 is 2.68 bits per heavy atom. The van der Waals surface area contributed by atoms with Crippen molar-refractivity contribution >= 4 is 28.9 Å². The molecule has 1 saturated carbocycles. The number of anilines is 1. The Kier molecular flexibility index (Phi) is 6.19. The maximum atomic E-state index is 12.1. The molecule has 0 spiro atoms. The van der Waals surface area contributed by atoms with Crippen molar-refractivity contribution in [1.29, 1.82) is 0 Å². The molecule has 0 aliphatic heterocycles. The van der Waals surface area contributed by atoms with E-state index in [1.165, 1.54) is 6.42 Å². The zero-order valence-electron chi connectivity index (χ0n) is 13.2. The number of rotatable bonds is 4. The van der Waals surface area contributed by atoms with Crippen molar-refractivity contribution in [3.63, 3.8) is 0 Å². The molecule has 1 aromatic carbocycles. The molecule has 0 heterocycles. The molecule has 22 heavy (non-hydrogen) atoms. The fraction of sp³-hybridized carbons (Fsp3) is 0.529. The lowest BCUT2D eigenvalue weighted by molar-refractivity contribution is -0.124. The van der Waals surface area contributed by atoms with E-state index in [1.807, 2.05) is 38.1 Å². The molecule has 0 radical (unpaired) electrons. The lowest BCUT2D eigenvalue weighted by Gasteiger charge is -2.21. The predicted molar refractivity (Wildman–Crippen MR) is 93.1 cm³/mol. The molecule has 0 unspecified atom stereocenters. The number of thiocarbonyl (C=S) groups is 1. The van der Waals surface area contributed by atoms with Gasteiger partial charge in [0.15, 0.2) is 5.11 Å². The Morgan fingerprint density at radius 2 is 2.00 bits per heavy atom. The topological polar surface area (TPSA) is 50.4 Å². The minimum Gasteiger partial charge on any atom is -0.491 e. The molecule has 2 N–H and O–H groups in total. The van der Waals surface area contributed by atoms with Crippen molar-refractivity contribution in [3.05, 3.63) is 24.3 Å². The van der Waals surface area contributed by atoms with E-state index in [-0.39, 0.29) is 17.9 Å². The van der Waals surface area contributed by atoms with E-state index < -0.39 is 0 Å². The van der Waals surface area contributed by atoms with E-state index in [9.17, 15) is 4.79 Å². The average Bonchev–Trinajstić information content (AvgIpc) is 2.47. The van der Waals surface area contributed by atoms with E-state index in [0.29, 0.717) is 5.11 Å². The number of benzene rings is 1. The highest BCUT2D eigenvalue weighted by atomic mass is 32.1. The van der Waals surface area contributed by atoms with E-state index in [2.05, 4.69) is 10.6 Å². The number of hydrogen-bond acceptors (Lipinski definition) is 3. The lowest BCUT2D eigenvalue weighted by Crippen LogP contribution is -2.38. The normalized spacial score (nSPS) is 15.4. The van der Waals surface area contributed by atoms with Crippen molar-refractivity contribution in [2.24, 2.45) is 5.92 Å². The fourth-order valence-electron chi connectivity index (χ4n) is 2.66. The highest BCUT2D eigenvalue weighted by Crippen LogP contribution is 2.23. The molecular formula is C17H24N2O2S. The zero-order chi connectivity index (χ0) is 15.9. The minimum absolute atomic E-state index is 0.0341. The van der Waals surface area contributed by atoms with Gasteiger partial charge in [-0.25, -0.2) is 0 Å². The van der Waals surface area contributed by atoms with E-state index in [4.69, 9.17) is 17.0 Å². The molecule has 4 nitrogen and oxygen atoms in total. The summed E-state index contributed by atoms with van der Waals surface area (Å²) in [6.07, 6.45) is 5.54. The van der Waals surface area contributed by atoms with Gasteiger partial charge in [0.25, 0.3) is 0 Å². The third-order valence-electron chi connectivity index (χ3n) is 3.68. The fourth-order valence-corrected chi connectivity index (χ4v) is 2.88. The maximum absolute atomic E-state index is 12.1. The van der Waals surface area contributed by atoms with Gasteiger partial charge in [0.05, 0.1) is 6.10 Å². The summed E-state index contributed by atoms with van der Waals surface area (Å²) in [4.78, 5) is 12.1. The quantitative estimate of drug-likeness (QED) is 0.827. The van der Waals surface area contributed by atoms with Crippen LogP contribution in [-0.4, -0.2) is 17.1 Å². The van der Waals surface area contributed by atoms with Crippen molar-refractivity contribution < 1.29 is 9.53 Å². The molecule has 120 valence electrons. The van der Waals surface area contributed by atoms with Crippen LogP contribution in [0.2, 0.25) is 0 Å². The van der Waals surface area contributed by atoms with Crippen molar-refractivity contribution in [3.8, 4) is 5.75 Å². The van der Waals surface area contributed by atoms with Crippen LogP contribution in [0, 0.1) is 5.92 Å². The summed E-state index contributed by atoms with van der Waals surface area (Å²) in [5, 5.41) is 6.19. The molecule has 0 bridgehead atoms. The second kappa shape index (κ2) is 8.13. The summed E-state index contributed by atoms with van der Waals surface area (Å²) in [7, 11) is 0. The zero-order valence-corrected chi connectivity index (χ0v) is 14.0. The molecule has 1 aliphatic carbocycles. The summed E-state index contributed by atoms with van der Waals surface area (Å²) < 4.78 is 5.64. The van der Waals surface area contributed by atoms with Gasteiger partial charge in [0.2, 0.25) is 5.91 Å². The SMILES string of the molecule is CC(C)Oc1cccc(NC(=S)NC(=O)C2CCCCC2)c1. The molecule has 0 atom stereocenters. The van der Waals surface area contributed by atoms with Crippen LogP contribution in [0.3, 0.4) is 0 Å². The number of carbonyl (C=O) groups excluding carboxylic acids is 1. The van der Waals surface area contributed by atoms with Crippen molar-refractivity contribution in [1.82, 2.24) is 5.32 Å².